The molecule has 3 fully saturated rings. The summed E-state index contributed by atoms with van der Waals surface area (Å²) in [6.07, 6.45) is 7.05. The van der Waals surface area contributed by atoms with E-state index in [1.807, 2.05) is 13.8 Å². The molecular formula is C20H30O4. The van der Waals surface area contributed by atoms with Gasteiger partial charge in [0.05, 0.1) is 11.0 Å². The Bertz CT molecular complexity index is 570. The number of hydrogen-bond donors (Lipinski definition) is 1. The lowest BCUT2D eigenvalue weighted by atomic mass is 9.46. The number of epoxide rings is 1. The first-order valence-corrected chi connectivity index (χ1v) is 9.21. The number of aliphatic carboxylic acids is 1. The largest absolute Gasteiger partial charge is 0.481 e. The van der Waals surface area contributed by atoms with Crippen molar-refractivity contribution < 1.29 is 19.4 Å². The minimum absolute atomic E-state index is 0.0113. The van der Waals surface area contributed by atoms with Crippen LogP contribution in [0.3, 0.4) is 0 Å². The van der Waals surface area contributed by atoms with Gasteiger partial charge >= 0.3 is 5.97 Å². The Morgan fingerprint density at radius 1 is 1.38 bits per heavy atom. The zero-order valence-corrected chi connectivity index (χ0v) is 15.1. The van der Waals surface area contributed by atoms with Crippen molar-refractivity contribution >= 4 is 12.3 Å². The van der Waals surface area contributed by atoms with Gasteiger partial charge in [-0.1, -0.05) is 25.5 Å². The van der Waals surface area contributed by atoms with Crippen molar-refractivity contribution in [3.05, 3.63) is 12.2 Å². The van der Waals surface area contributed by atoms with Crippen molar-refractivity contribution in [2.24, 2.45) is 22.7 Å². The van der Waals surface area contributed by atoms with Crippen molar-refractivity contribution in [3.8, 4) is 0 Å². The van der Waals surface area contributed by atoms with Gasteiger partial charge in [0.1, 0.15) is 6.10 Å². The van der Waals surface area contributed by atoms with Crippen LogP contribution in [0.5, 0.6) is 0 Å². The fourth-order valence-corrected chi connectivity index (χ4v) is 5.80. The highest BCUT2D eigenvalue weighted by atomic mass is 16.6. The minimum atomic E-state index is -0.650. The molecule has 1 N–H and O–H groups in total. The number of carboxylic acids is 1. The molecule has 1 saturated heterocycles. The van der Waals surface area contributed by atoms with Crippen LogP contribution in [0.1, 0.15) is 65.7 Å². The van der Waals surface area contributed by atoms with Crippen LogP contribution in [0.25, 0.3) is 0 Å². The first-order valence-electron chi connectivity index (χ1n) is 9.21. The first-order chi connectivity index (χ1) is 11.2. The lowest BCUT2D eigenvalue weighted by molar-refractivity contribution is -0.164. The van der Waals surface area contributed by atoms with E-state index in [1.165, 1.54) is 5.57 Å². The number of fused-ring (bicyclic) bond motifs is 1. The summed E-state index contributed by atoms with van der Waals surface area (Å²) in [6.45, 7) is 10.5. The highest BCUT2D eigenvalue weighted by Gasteiger charge is 2.58. The number of rotatable bonds is 5. The maximum Gasteiger partial charge on any atom is 0.309 e. The predicted octanol–water partition coefficient (Wildman–Crippen LogP) is 3.99. The van der Waals surface area contributed by atoms with Gasteiger partial charge in [-0.2, -0.15) is 0 Å². The maximum atomic E-state index is 12.0. The summed E-state index contributed by atoms with van der Waals surface area (Å²) in [6, 6.07) is 0. The normalized spacial score (nSPS) is 47.8. The topological polar surface area (TPSA) is 66.9 Å². The Morgan fingerprint density at radius 3 is 2.67 bits per heavy atom. The van der Waals surface area contributed by atoms with Crippen molar-refractivity contribution in [3.63, 3.8) is 0 Å². The average Bonchev–Trinajstić information content (AvgIpc) is 3.17. The van der Waals surface area contributed by atoms with Crippen LogP contribution >= 0.6 is 0 Å². The van der Waals surface area contributed by atoms with Crippen LogP contribution in [-0.4, -0.2) is 29.1 Å². The molecule has 24 heavy (non-hydrogen) atoms. The Hall–Kier alpha value is -1.16. The van der Waals surface area contributed by atoms with Crippen molar-refractivity contribution in [2.75, 3.05) is 0 Å². The number of hydrogen-bond acceptors (Lipinski definition) is 3. The second-order valence-electron chi connectivity index (χ2n) is 8.91. The predicted molar refractivity (Wildman–Crippen MR) is 91.6 cm³/mol. The number of carbonyl (C=O) groups is 2. The van der Waals surface area contributed by atoms with E-state index in [0.717, 1.165) is 51.2 Å². The molecule has 0 unspecified atom stereocenters. The van der Waals surface area contributed by atoms with Gasteiger partial charge in [-0.3, -0.25) is 4.79 Å². The summed E-state index contributed by atoms with van der Waals surface area (Å²) in [5.74, 6) is -0.131. The molecular weight excluding hydrogens is 304 g/mol. The highest BCUT2D eigenvalue weighted by Crippen LogP contribution is 2.62. The van der Waals surface area contributed by atoms with Gasteiger partial charge in [-0.15, -0.1) is 0 Å². The van der Waals surface area contributed by atoms with Crippen LogP contribution in [-0.2, 0) is 14.3 Å². The van der Waals surface area contributed by atoms with E-state index in [2.05, 4.69) is 13.5 Å². The summed E-state index contributed by atoms with van der Waals surface area (Å²) in [5, 5.41) is 9.86. The second-order valence-corrected chi connectivity index (χ2v) is 8.91. The van der Waals surface area contributed by atoms with E-state index in [4.69, 9.17) is 4.74 Å². The summed E-state index contributed by atoms with van der Waals surface area (Å²) in [4.78, 5) is 22.9. The summed E-state index contributed by atoms with van der Waals surface area (Å²) in [5.41, 5.74) is 0.297. The van der Waals surface area contributed by atoms with Gasteiger partial charge in [0, 0.05) is 0 Å². The molecule has 2 aliphatic carbocycles. The molecule has 134 valence electrons. The summed E-state index contributed by atoms with van der Waals surface area (Å²) in [7, 11) is 0. The number of allylic oxidation sites excluding steroid dienone is 1. The molecule has 4 heteroatoms. The number of carbonyl (C=O) groups excluding carboxylic acids is 1. The van der Waals surface area contributed by atoms with E-state index in [1.54, 1.807) is 0 Å². The fourth-order valence-electron chi connectivity index (χ4n) is 5.80. The van der Waals surface area contributed by atoms with Crippen LogP contribution in [0, 0.1) is 22.7 Å². The molecule has 1 aliphatic heterocycles. The SMILES string of the molecule is C=C1CC[C@@H]2[C@](C)(CCC[C@]2(C)C(=O)O)[C@H]1CC[C@@]1(C)O[C@@H]1C=O. The minimum Gasteiger partial charge on any atom is -0.481 e. The average molecular weight is 334 g/mol. The second kappa shape index (κ2) is 5.69. The molecule has 0 aromatic heterocycles. The van der Waals surface area contributed by atoms with Crippen molar-refractivity contribution in [2.45, 2.75) is 77.4 Å². The van der Waals surface area contributed by atoms with Crippen LogP contribution in [0.4, 0.5) is 0 Å². The van der Waals surface area contributed by atoms with Crippen molar-refractivity contribution in [1.82, 2.24) is 0 Å². The molecule has 3 aliphatic rings. The zero-order chi connectivity index (χ0) is 17.8. The highest BCUT2D eigenvalue weighted by molar-refractivity contribution is 5.75. The fraction of sp³-hybridized carbons (Fsp3) is 0.800. The van der Waals surface area contributed by atoms with Crippen molar-refractivity contribution in [1.29, 1.82) is 0 Å². The van der Waals surface area contributed by atoms with Gasteiger partial charge in [0.25, 0.3) is 0 Å². The smallest absolute Gasteiger partial charge is 0.309 e. The summed E-state index contributed by atoms with van der Waals surface area (Å²) < 4.78 is 5.54. The number of ether oxygens (including phenoxy) is 1. The van der Waals surface area contributed by atoms with Crippen LogP contribution in [0.2, 0.25) is 0 Å². The molecule has 2 saturated carbocycles. The zero-order valence-electron chi connectivity index (χ0n) is 15.1. The third kappa shape index (κ3) is 2.54. The van der Waals surface area contributed by atoms with E-state index in [9.17, 15) is 14.7 Å². The Kier molecular flexibility index (Phi) is 4.18. The summed E-state index contributed by atoms with van der Waals surface area (Å²) >= 11 is 0. The third-order valence-corrected chi connectivity index (χ3v) is 7.50. The first kappa shape index (κ1) is 17.7. The third-order valence-electron chi connectivity index (χ3n) is 7.50. The number of aldehydes is 1. The lowest BCUT2D eigenvalue weighted by Crippen LogP contribution is -2.53. The molecule has 6 atom stereocenters. The molecule has 3 rings (SSSR count). The molecule has 0 spiro atoms. The molecule has 0 amide bonds. The molecule has 0 radical (unpaired) electrons. The molecule has 0 bridgehead atoms. The molecule has 0 aromatic rings. The van der Waals surface area contributed by atoms with E-state index in [0.29, 0.717) is 5.92 Å². The van der Waals surface area contributed by atoms with Crippen LogP contribution in [0.15, 0.2) is 12.2 Å². The molecule has 1 heterocycles. The van der Waals surface area contributed by atoms with Gasteiger partial charge in [-0.05, 0) is 69.6 Å². The van der Waals surface area contributed by atoms with Gasteiger partial charge in [0.15, 0.2) is 6.29 Å². The van der Waals surface area contributed by atoms with E-state index in [-0.39, 0.29) is 23.0 Å². The quantitative estimate of drug-likeness (QED) is 0.469. The van der Waals surface area contributed by atoms with E-state index < -0.39 is 11.4 Å². The Morgan fingerprint density at radius 2 is 2.08 bits per heavy atom. The Labute approximate surface area is 144 Å². The standard InChI is InChI=1S/C20H30O4/c1-13-6-7-15-18(2,9-5-10-19(15,3)17(22)23)14(13)8-11-20(4)16(12-21)24-20/h12,14-16H,1,5-11H2,2-4H3,(H,22,23)/t14-,15+,16+,18+,19-,20+/m0/s1. The van der Waals surface area contributed by atoms with E-state index >= 15 is 0 Å². The molecule has 0 aromatic carbocycles. The monoisotopic (exact) mass is 334 g/mol. The number of carboxylic acid groups (broad SMARTS) is 1. The van der Waals surface area contributed by atoms with Gasteiger partial charge < -0.3 is 14.6 Å². The maximum absolute atomic E-state index is 12.0. The van der Waals surface area contributed by atoms with Crippen LogP contribution < -0.4 is 0 Å². The Balaban J connectivity index is 1.81. The lowest BCUT2D eigenvalue weighted by Gasteiger charge is -2.57. The van der Waals surface area contributed by atoms with Gasteiger partial charge in [-0.25, -0.2) is 0 Å². The van der Waals surface area contributed by atoms with Gasteiger partial charge in [0.2, 0.25) is 0 Å². The molecule has 4 nitrogen and oxygen atoms in total.